The number of carbonyl (C=O) groups is 1. The Kier molecular flexibility index (Phi) is 6.40. The van der Waals surface area contributed by atoms with Crippen molar-refractivity contribution in [2.45, 2.75) is 13.5 Å². The molecule has 1 aromatic carbocycles. The molecule has 0 aliphatic carbocycles. The predicted octanol–water partition coefficient (Wildman–Crippen LogP) is 2.39. The van der Waals surface area contributed by atoms with Crippen LogP contribution in [0.2, 0.25) is 0 Å². The first kappa shape index (κ1) is 20.3. The van der Waals surface area contributed by atoms with Crippen LogP contribution in [0.1, 0.15) is 21.5 Å². The third-order valence-corrected chi connectivity index (χ3v) is 4.99. The van der Waals surface area contributed by atoms with Gasteiger partial charge in [0.15, 0.2) is 0 Å². The lowest BCUT2D eigenvalue weighted by Gasteiger charge is -2.20. The number of hydrogen-bond acceptors (Lipinski definition) is 6. The number of benzene rings is 1. The van der Waals surface area contributed by atoms with Crippen molar-refractivity contribution in [3.05, 3.63) is 77.7 Å². The summed E-state index contributed by atoms with van der Waals surface area (Å²) in [5.41, 5.74) is 2.63. The molecule has 29 heavy (non-hydrogen) atoms. The molecule has 3 aromatic rings. The largest absolute Gasteiger partial charge is 0.481 e. The molecule has 0 spiro atoms. The van der Waals surface area contributed by atoms with Crippen molar-refractivity contribution in [1.82, 2.24) is 15.3 Å². The molecule has 9 heteroatoms. The fourth-order valence-corrected chi connectivity index (χ4v) is 3.40. The molecule has 0 aliphatic heterocycles. The van der Waals surface area contributed by atoms with Crippen molar-refractivity contribution in [3.63, 3.8) is 0 Å². The highest BCUT2D eigenvalue weighted by Gasteiger charge is 2.17. The van der Waals surface area contributed by atoms with Crippen LogP contribution < -0.4 is 14.4 Å². The number of anilines is 2. The number of pyridine rings is 2. The summed E-state index contributed by atoms with van der Waals surface area (Å²) in [6, 6.07) is 11.7. The van der Waals surface area contributed by atoms with Crippen molar-refractivity contribution in [1.29, 1.82) is 0 Å². The van der Waals surface area contributed by atoms with Gasteiger partial charge in [-0.3, -0.25) is 9.78 Å². The Hall–Kier alpha value is -3.46. The summed E-state index contributed by atoms with van der Waals surface area (Å²) < 4.78 is 30.1. The highest BCUT2D eigenvalue weighted by atomic mass is 32.2. The number of nitrogens with zero attached hydrogens (tertiary/aromatic N) is 3. The molecule has 150 valence electrons. The maximum Gasteiger partial charge on any atom is 0.251 e. The minimum Gasteiger partial charge on any atom is -0.481 e. The minimum absolute atomic E-state index is 0.316. The van der Waals surface area contributed by atoms with Crippen molar-refractivity contribution >= 4 is 28.2 Å². The third kappa shape index (κ3) is 4.88. The molecule has 8 nitrogen and oxygen atoms in total. The van der Waals surface area contributed by atoms with Gasteiger partial charge in [0.1, 0.15) is 0 Å². The van der Waals surface area contributed by atoms with Gasteiger partial charge >= 0.3 is 0 Å². The lowest BCUT2D eigenvalue weighted by Crippen LogP contribution is -2.23. The van der Waals surface area contributed by atoms with Crippen LogP contribution in [0.25, 0.3) is 0 Å². The molecule has 3 rings (SSSR count). The van der Waals surface area contributed by atoms with E-state index in [2.05, 4.69) is 15.3 Å². The van der Waals surface area contributed by atoms with Gasteiger partial charge in [-0.15, -0.1) is 0 Å². The zero-order valence-corrected chi connectivity index (χ0v) is 16.8. The zero-order chi connectivity index (χ0) is 20.8. The second kappa shape index (κ2) is 9.16. The van der Waals surface area contributed by atoms with Crippen LogP contribution in [-0.2, 0) is 17.4 Å². The number of aryl methyl sites for hydroxylation is 1. The van der Waals surface area contributed by atoms with Crippen LogP contribution in [-0.4, -0.2) is 31.4 Å². The van der Waals surface area contributed by atoms with E-state index in [4.69, 9.17) is 4.74 Å². The first-order chi connectivity index (χ1) is 14.0. The number of rotatable bonds is 7. The Balaban J connectivity index is 1.88. The number of thiol groups is 1. The van der Waals surface area contributed by atoms with E-state index >= 15 is 0 Å². The van der Waals surface area contributed by atoms with Crippen LogP contribution in [0.5, 0.6) is 5.88 Å². The van der Waals surface area contributed by atoms with Gasteiger partial charge in [0.25, 0.3) is 5.91 Å². The highest BCUT2D eigenvalue weighted by molar-refractivity contribution is 7.74. The monoisotopic (exact) mass is 412 g/mol. The predicted molar refractivity (Wildman–Crippen MR) is 110 cm³/mol. The Morgan fingerprint density at radius 1 is 1.17 bits per heavy atom. The van der Waals surface area contributed by atoms with E-state index in [1.807, 2.05) is 6.07 Å². The first-order valence-corrected chi connectivity index (χ1v) is 9.85. The number of carbonyl (C=O) groups excluding carboxylic acids is 1. The Labute approximate surface area is 170 Å². The van der Waals surface area contributed by atoms with E-state index in [1.165, 1.54) is 13.3 Å². The number of nitrogens with one attached hydrogen (secondary N) is 1. The van der Waals surface area contributed by atoms with E-state index in [0.717, 1.165) is 9.87 Å². The SMILES string of the molecule is COc1ccc(N(c2cc(C(=O)NCc3cccnc3)ccc2C)[SH](=O)=O)cn1. The molecule has 0 fully saturated rings. The van der Waals surface area contributed by atoms with Crippen molar-refractivity contribution < 1.29 is 17.9 Å². The molecule has 2 aromatic heterocycles. The van der Waals surface area contributed by atoms with Crippen molar-refractivity contribution in [2.75, 3.05) is 11.4 Å². The smallest absolute Gasteiger partial charge is 0.251 e. The first-order valence-electron chi connectivity index (χ1n) is 8.72. The fraction of sp³-hybridized carbons (Fsp3) is 0.150. The maximum absolute atomic E-state index is 12.6. The lowest BCUT2D eigenvalue weighted by atomic mass is 10.1. The highest BCUT2D eigenvalue weighted by Crippen LogP contribution is 2.30. The molecule has 2 heterocycles. The quantitative estimate of drug-likeness (QED) is 0.578. The molecule has 0 atom stereocenters. The van der Waals surface area contributed by atoms with Crippen LogP contribution >= 0.6 is 0 Å². The Bertz CT molecular complexity index is 1060. The second-order valence-corrected chi connectivity index (χ2v) is 7.03. The maximum atomic E-state index is 12.6. The summed E-state index contributed by atoms with van der Waals surface area (Å²) in [6.07, 6.45) is 4.73. The molecule has 0 saturated carbocycles. The van der Waals surface area contributed by atoms with E-state index in [0.29, 0.717) is 34.9 Å². The minimum atomic E-state index is -3.01. The van der Waals surface area contributed by atoms with E-state index in [1.54, 1.807) is 55.7 Å². The molecule has 0 bridgehead atoms. The summed E-state index contributed by atoms with van der Waals surface area (Å²) in [5.74, 6) is 0.0547. The molecule has 0 unspecified atom stereocenters. The van der Waals surface area contributed by atoms with E-state index in [-0.39, 0.29) is 5.91 Å². The normalized spacial score (nSPS) is 10.6. The standard InChI is InChI=1S/C20H20N4O4S/c1-14-5-6-16(20(25)23-12-15-4-3-9-21-11-15)10-18(14)24(29(26)27)17-7-8-19(28-2)22-13-17/h3-11,13,29H,12H2,1-2H3,(H,23,25). The average molecular weight is 412 g/mol. The topological polar surface area (TPSA) is 101 Å². The van der Waals surface area contributed by atoms with Gasteiger partial charge in [-0.1, -0.05) is 12.1 Å². The van der Waals surface area contributed by atoms with Gasteiger partial charge in [-0.2, -0.15) is 0 Å². The van der Waals surface area contributed by atoms with Crippen LogP contribution in [0, 0.1) is 6.92 Å². The Morgan fingerprint density at radius 3 is 2.62 bits per heavy atom. The second-order valence-electron chi connectivity index (χ2n) is 6.15. The molecular weight excluding hydrogens is 392 g/mol. The number of methoxy groups -OCH3 is 1. The number of aromatic nitrogens is 2. The third-order valence-electron chi connectivity index (χ3n) is 4.21. The summed E-state index contributed by atoms with van der Waals surface area (Å²) in [5, 5.41) is 2.81. The summed E-state index contributed by atoms with van der Waals surface area (Å²) >= 11 is 0. The Morgan fingerprint density at radius 2 is 2.00 bits per heavy atom. The molecule has 1 N–H and O–H groups in total. The van der Waals surface area contributed by atoms with Crippen molar-refractivity contribution in [2.24, 2.45) is 0 Å². The number of hydrogen-bond donors (Lipinski definition) is 2. The van der Waals surface area contributed by atoms with Gasteiger partial charge in [0.05, 0.1) is 24.7 Å². The van der Waals surface area contributed by atoms with Gasteiger partial charge in [-0.25, -0.2) is 17.7 Å². The van der Waals surface area contributed by atoms with Crippen LogP contribution in [0.15, 0.2) is 61.1 Å². The average Bonchev–Trinajstić information content (AvgIpc) is 2.74. The molecule has 0 saturated heterocycles. The number of ether oxygens (including phenoxy) is 1. The van der Waals surface area contributed by atoms with Gasteiger partial charge in [0, 0.05) is 30.6 Å². The molecule has 0 aliphatic rings. The van der Waals surface area contributed by atoms with Gasteiger partial charge < -0.3 is 10.1 Å². The van der Waals surface area contributed by atoms with Crippen LogP contribution in [0.3, 0.4) is 0 Å². The summed E-state index contributed by atoms with van der Waals surface area (Å²) in [4.78, 5) is 20.6. The lowest BCUT2D eigenvalue weighted by molar-refractivity contribution is 0.0951. The zero-order valence-electron chi connectivity index (χ0n) is 15.9. The summed E-state index contributed by atoms with van der Waals surface area (Å²) in [6.45, 7) is 2.09. The van der Waals surface area contributed by atoms with Gasteiger partial charge in [-0.05, 0) is 42.3 Å². The fourth-order valence-electron chi connectivity index (χ4n) is 2.71. The molecule has 1 amide bonds. The summed E-state index contributed by atoms with van der Waals surface area (Å²) in [7, 11) is -1.53. The van der Waals surface area contributed by atoms with E-state index < -0.39 is 10.9 Å². The van der Waals surface area contributed by atoms with Crippen LogP contribution in [0.4, 0.5) is 11.4 Å². The van der Waals surface area contributed by atoms with Gasteiger partial charge in [0.2, 0.25) is 16.8 Å². The number of amides is 1. The molecule has 0 radical (unpaired) electrons. The van der Waals surface area contributed by atoms with E-state index in [9.17, 15) is 13.2 Å². The van der Waals surface area contributed by atoms with Crippen molar-refractivity contribution in [3.8, 4) is 5.88 Å². The molecular formula is C20H20N4O4S.